The lowest BCUT2D eigenvalue weighted by atomic mass is 10.1. The maximum absolute atomic E-state index is 13.1. The summed E-state index contributed by atoms with van der Waals surface area (Å²) in [6.07, 6.45) is 89.8. The lowest BCUT2D eigenvalue weighted by Gasteiger charge is -2.21. The van der Waals surface area contributed by atoms with Crippen LogP contribution in [0.1, 0.15) is 323 Å². The molecule has 0 spiro atoms. The van der Waals surface area contributed by atoms with Gasteiger partial charge < -0.3 is 33.8 Å². The SMILES string of the molecule is CC/C=C\C/C=C\C/C=C\C/C=C\C/C=C\C/C=C\CCC(=O)OCC(COP(=O)(O)OCC(O)COP(=O)(O)OCC(COC(=O)CCCCCCC/C=C\CCCCCCCC)OC(=O)CCCCCCC/C=C\C/C=C\CCC)OC(=O)CCCCCCCC/C=C\C/C=C\C/C=C\CCCCC. The third kappa shape index (κ3) is 77.1. The molecule has 0 saturated heterocycles. The minimum absolute atomic E-state index is 0.0288. The molecule has 0 amide bonds. The minimum Gasteiger partial charge on any atom is -0.462 e. The molecule has 0 aliphatic rings. The van der Waals surface area contributed by atoms with Crippen molar-refractivity contribution in [1.82, 2.24) is 0 Å². The molecule has 0 heterocycles. The Morgan fingerprint density at radius 3 is 0.877 bits per heavy atom. The lowest BCUT2D eigenvalue weighted by molar-refractivity contribution is -0.161. The number of hydrogen-bond acceptors (Lipinski definition) is 15. The second-order valence-corrected chi connectivity index (χ2v) is 29.9. The third-order valence-electron chi connectivity index (χ3n) is 16.8. The number of carbonyl (C=O) groups is 4. The monoisotopic (exact) mass is 1530 g/mol. The molecule has 0 fully saturated rings. The number of hydrogen-bond donors (Lipinski definition) is 3. The van der Waals surface area contributed by atoms with Gasteiger partial charge in [0.15, 0.2) is 12.2 Å². The number of aliphatic hydroxyl groups excluding tert-OH is 1. The van der Waals surface area contributed by atoms with E-state index < -0.39 is 97.5 Å². The Bertz CT molecular complexity index is 2580. The maximum Gasteiger partial charge on any atom is 0.472 e. The van der Waals surface area contributed by atoms with Crippen LogP contribution in [-0.2, 0) is 65.4 Å². The number of phosphoric acid groups is 2. The van der Waals surface area contributed by atoms with E-state index in [2.05, 4.69) is 155 Å². The van der Waals surface area contributed by atoms with Gasteiger partial charge in [0.2, 0.25) is 0 Å². The molecule has 19 heteroatoms. The van der Waals surface area contributed by atoms with Gasteiger partial charge in [-0.05, 0) is 154 Å². The zero-order chi connectivity index (χ0) is 77.4. The van der Waals surface area contributed by atoms with Crippen molar-refractivity contribution >= 4 is 39.5 Å². The quantitative estimate of drug-likeness (QED) is 0.0169. The molecule has 3 N–H and O–H groups in total. The summed E-state index contributed by atoms with van der Waals surface area (Å²) >= 11 is 0. The molecule has 0 saturated carbocycles. The molecule has 0 aromatic rings. The minimum atomic E-state index is -5.01. The summed E-state index contributed by atoms with van der Waals surface area (Å²) in [6, 6.07) is 0. The number of phosphoric ester groups is 2. The number of ether oxygens (including phenoxy) is 4. The molecule has 0 aliphatic carbocycles. The van der Waals surface area contributed by atoms with E-state index in [4.69, 9.17) is 37.0 Å². The highest BCUT2D eigenvalue weighted by Gasteiger charge is 2.30. The van der Waals surface area contributed by atoms with Gasteiger partial charge in [0.05, 0.1) is 26.4 Å². The number of carbonyl (C=O) groups excluding carboxylic acids is 4. The third-order valence-corrected chi connectivity index (χ3v) is 18.7. The fourth-order valence-electron chi connectivity index (χ4n) is 10.5. The molecule has 0 aromatic heterocycles. The van der Waals surface area contributed by atoms with Crippen LogP contribution in [0.15, 0.2) is 146 Å². The van der Waals surface area contributed by atoms with Crippen molar-refractivity contribution in [3.05, 3.63) is 146 Å². The topological polar surface area (TPSA) is 237 Å². The van der Waals surface area contributed by atoms with Gasteiger partial charge in [-0.15, -0.1) is 0 Å². The maximum atomic E-state index is 13.1. The van der Waals surface area contributed by atoms with Crippen LogP contribution in [0.5, 0.6) is 0 Å². The number of unbranched alkanes of at least 4 members (excludes halogenated alkanes) is 26. The first kappa shape index (κ1) is 101. The molecule has 17 nitrogen and oxygen atoms in total. The van der Waals surface area contributed by atoms with Gasteiger partial charge >= 0.3 is 39.5 Å². The Morgan fingerprint density at radius 1 is 0.274 bits per heavy atom. The molecule has 0 rings (SSSR count). The second kappa shape index (κ2) is 78.1. The Morgan fingerprint density at radius 2 is 0.528 bits per heavy atom. The molecule has 606 valence electrons. The molecule has 106 heavy (non-hydrogen) atoms. The Hall–Kier alpha value is -5.06. The van der Waals surface area contributed by atoms with Crippen LogP contribution in [0, 0.1) is 0 Å². The fourth-order valence-corrected chi connectivity index (χ4v) is 12.1. The van der Waals surface area contributed by atoms with Crippen LogP contribution >= 0.6 is 15.6 Å². The first-order valence-corrected chi connectivity index (χ1v) is 44.1. The van der Waals surface area contributed by atoms with Gasteiger partial charge in [-0.25, -0.2) is 9.13 Å². The molecule has 0 aromatic carbocycles. The van der Waals surface area contributed by atoms with Crippen molar-refractivity contribution < 1.29 is 80.2 Å². The highest BCUT2D eigenvalue weighted by atomic mass is 31.2. The average Bonchev–Trinajstić information content (AvgIpc) is 0.903. The van der Waals surface area contributed by atoms with Crippen molar-refractivity contribution in [1.29, 1.82) is 0 Å². The van der Waals surface area contributed by atoms with Gasteiger partial charge in [0.1, 0.15) is 19.3 Å². The van der Waals surface area contributed by atoms with Gasteiger partial charge in [0, 0.05) is 25.7 Å². The molecular weight excluding hydrogens is 1380 g/mol. The average molecular weight is 1530 g/mol. The van der Waals surface area contributed by atoms with Crippen LogP contribution in [-0.4, -0.2) is 96.7 Å². The van der Waals surface area contributed by atoms with E-state index in [-0.39, 0.29) is 25.7 Å². The van der Waals surface area contributed by atoms with Gasteiger partial charge in [-0.1, -0.05) is 289 Å². The molecule has 0 bridgehead atoms. The van der Waals surface area contributed by atoms with E-state index in [0.29, 0.717) is 32.1 Å². The van der Waals surface area contributed by atoms with Crippen molar-refractivity contribution in [2.45, 2.75) is 341 Å². The van der Waals surface area contributed by atoms with Gasteiger partial charge in [-0.2, -0.15) is 0 Å². The summed E-state index contributed by atoms with van der Waals surface area (Å²) in [5.74, 6) is -2.31. The van der Waals surface area contributed by atoms with Crippen molar-refractivity contribution in [2.24, 2.45) is 0 Å². The molecular formula is C87H146O17P2. The summed E-state index contributed by atoms with van der Waals surface area (Å²) < 4.78 is 68.6. The van der Waals surface area contributed by atoms with Gasteiger partial charge in [0.25, 0.3) is 0 Å². The van der Waals surface area contributed by atoms with Crippen LogP contribution in [0.2, 0.25) is 0 Å². The van der Waals surface area contributed by atoms with E-state index in [0.717, 1.165) is 180 Å². The highest BCUT2D eigenvalue weighted by molar-refractivity contribution is 7.47. The smallest absolute Gasteiger partial charge is 0.462 e. The van der Waals surface area contributed by atoms with Crippen LogP contribution in [0.3, 0.4) is 0 Å². The van der Waals surface area contributed by atoms with Crippen LogP contribution in [0.4, 0.5) is 0 Å². The number of esters is 4. The number of allylic oxidation sites excluding steroid dienone is 24. The molecule has 5 atom stereocenters. The predicted octanol–water partition coefficient (Wildman–Crippen LogP) is 24.2. The normalized spacial score (nSPS) is 14.6. The first-order valence-electron chi connectivity index (χ1n) is 41.1. The van der Waals surface area contributed by atoms with E-state index >= 15 is 0 Å². The molecule has 5 unspecified atom stereocenters. The lowest BCUT2D eigenvalue weighted by Crippen LogP contribution is -2.30. The zero-order valence-electron chi connectivity index (χ0n) is 66.3. The zero-order valence-corrected chi connectivity index (χ0v) is 68.1. The van der Waals surface area contributed by atoms with Crippen molar-refractivity contribution in [2.75, 3.05) is 39.6 Å². The highest BCUT2D eigenvalue weighted by Crippen LogP contribution is 2.45. The first-order chi connectivity index (χ1) is 51.7. The molecule has 0 radical (unpaired) electrons. The van der Waals surface area contributed by atoms with Gasteiger partial charge in [-0.3, -0.25) is 37.3 Å². The van der Waals surface area contributed by atoms with Crippen molar-refractivity contribution in [3.63, 3.8) is 0 Å². The predicted molar refractivity (Wildman–Crippen MR) is 436 cm³/mol. The summed E-state index contributed by atoms with van der Waals surface area (Å²) in [5.41, 5.74) is 0. The summed E-state index contributed by atoms with van der Waals surface area (Å²) in [5, 5.41) is 10.7. The van der Waals surface area contributed by atoms with E-state index in [1.807, 2.05) is 18.2 Å². The molecule has 0 aliphatic heterocycles. The van der Waals surface area contributed by atoms with Crippen LogP contribution < -0.4 is 0 Å². The number of aliphatic hydroxyl groups is 1. The largest absolute Gasteiger partial charge is 0.472 e. The van der Waals surface area contributed by atoms with E-state index in [1.54, 1.807) is 0 Å². The fraction of sp³-hybridized carbons (Fsp3) is 0.678. The Labute approximate surface area is 643 Å². The van der Waals surface area contributed by atoms with Crippen LogP contribution in [0.25, 0.3) is 0 Å². The number of rotatable bonds is 76. The summed E-state index contributed by atoms with van der Waals surface area (Å²) in [4.78, 5) is 73.1. The van der Waals surface area contributed by atoms with E-state index in [1.165, 1.54) is 57.8 Å². The Balaban J connectivity index is 5.46. The van der Waals surface area contributed by atoms with E-state index in [9.17, 15) is 43.2 Å². The standard InChI is InChI=1S/C87H146O17P2/c1-5-9-13-17-21-25-29-33-36-38-40-42-45-49-52-56-60-64-68-72-85(90)98-78-83(104-87(92)74-70-66-62-58-54-50-46-43-41-39-37-34-30-26-22-18-14-10-6-2)80-102-106(95,96)100-76-81(88)75-99-105(93,94)101-79-82(103-86(91)73-69-65-61-57-53-47-32-28-24-20-16-12-8-4)77-97-84(89)71-67-63-59-55-51-48-44-35-31-27-23-19-15-11-7-3/h9,13,16,20-22,25-26,28,32-37,40-44,49,52,60,64,81-83,88H,5-8,10-12,14-15,17-19,23-24,27,29-31,38-39,45-48,50-51,53-59,61-63,65-80H2,1-4H3,(H,93,94)(H,95,96)/b13-9-,20-16-,25-21-,26-22-,32-28-,36-33-,37-34-,42-40-,43-41-,44-35-,52-49-,64-60-. The van der Waals surface area contributed by atoms with Crippen molar-refractivity contribution in [3.8, 4) is 0 Å². The summed E-state index contributed by atoms with van der Waals surface area (Å²) in [6.45, 7) is 4.55. The second-order valence-electron chi connectivity index (χ2n) is 27.0. The Kier molecular flexibility index (Phi) is 74.3. The summed E-state index contributed by atoms with van der Waals surface area (Å²) in [7, 11) is -10.00.